The maximum Gasteiger partial charge on any atom is 0.331 e. The van der Waals surface area contributed by atoms with Crippen LogP contribution in [0.1, 0.15) is 18.5 Å². The van der Waals surface area contributed by atoms with Gasteiger partial charge in [-0.15, -0.1) is 0 Å². The van der Waals surface area contributed by atoms with Gasteiger partial charge in [-0.25, -0.2) is 9.18 Å². The molecule has 19 heavy (non-hydrogen) atoms. The van der Waals surface area contributed by atoms with E-state index in [1.807, 2.05) is 0 Å². The van der Waals surface area contributed by atoms with Gasteiger partial charge in [-0.05, 0) is 40.5 Å². The van der Waals surface area contributed by atoms with E-state index in [4.69, 9.17) is 0 Å². The van der Waals surface area contributed by atoms with Gasteiger partial charge in [0.25, 0.3) is 5.56 Å². The van der Waals surface area contributed by atoms with Gasteiger partial charge in [-0.1, -0.05) is 12.1 Å². The van der Waals surface area contributed by atoms with E-state index in [0.717, 1.165) is 4.57 Å². The van der Waals surface area contributed by atoms with E-state index >= 15 is 0 Å². The first-order valence-corrected chi connectivity index (χ1v) is 6.44. The number of hydrogen-bond donors (Lipinski definition) is 0. The van der Waals surface area contributed by atoms with Gasteiger partial charge in [-0.3, -0.25) is 9.36 Å². The molecule has 2 rings (SSSR count). The van der Waals surface area contributed by atoms with Crippen LogP contribution in [0.25, 0.3) is 0 Å². The van der Waals surface area contributed by atoms with E-state index in [-0.39, 0.29) is 5.82 Å². The minimum absolute atomic E-state index is 0.309. The van der Waals surface area contributed by atoms with Crippen LogP contribution in [0.3, 0.4) is 0 Å². The Kier molecular flexibility index (Phi) is 3.71. The average molecular weight is 327 g/mol. The lowest BCUT2D eigenvalue weighted by Crippen LogP contribution is -2.41. The molecule has 1 aromatic carbocycles. The predicted octanol–water partition coefficient (Wildman–Crippen LogP) is 2.06. The fraction of sp³-hybridized carbons (Fsp3) is 0.231. The van der Waals surface area contributed by atoms with Gasteiger partial charge >= 0.3 is 5.69 Å². The third-order valence-electron chi connectivity index (χ3n) is 2.98. The summed E-state index contributed by atoms with van der Waals surface area (Å²) in [6.45, 7) is 1.72. The third-order valence-corrected chi connectivity index (χ3v) is 3.52. The minimum Gasteiger partial charge on any atom is -0.302 e. The van der Waals surface area contributed by atoms with Gasteiger partial charge in [0.15, 0.2) is 0 Å². The zero-order chi connectivity index (χ0) is 14.2. The molecule has 1 aromatic heterocycles. The molecule has 0 aliphatic carbocycles. The van der Waals surface area contributed by atoms with Crippen molar-refractivity contribution in [1.82, 2.24) is 9.13 Å². The van der Waals surface area contributed by atoms with Crippen molar-refractivity contribution in [2.75, 3.05) is 0 Å². The maximum atomic E-state index is 12.9. The summed E-state index contributed by atoms with van der Waals surface area (Å²) in [7, 11) is 1.57. The molecule has 1 unspecified atom stereocenters. The smallest absolute Gasteiger partial charge is 0.302 e. The molecule has 6 heteroatoms. The molecular weight excluding hydrogens is 315 g/mol. The van der Waals surface area contributed by atoms with E-state index in [1.54, 1.807) is 26.1 Å². The lowest BCUT2D eigenvalue weighted by molar-refractivity contribution is 0.544. The first kappa shape index (κ1) is 13.7. The fourth-order valence-electron chi connectivity index (χ4n) is 1.88. The van der Waals surface area contributed by atoms with Gasteiger partial charge in [-0.2, -0.15) is 0 Å². The van der Waals surface area contributed by atoms with Crippen molar-refractivity contribution in [3.05, 3.63) is 67.2 Å². The normalized spacial score (nSPS) is 12.4. The highest BCUT2D eigenvalue weighted by atomic mass is 79.9. The van der Waals surface area contributed by atoms with Crippen molar-refractivity contribution in [3.63, 3.8) is 0 Å². The lowest BCUT2D eigenvalue weighted by Gasteiger charge is -2.16. The van der Waals surface area contributed by atoms with Gasteiger partial charge in [0, 0.05) is 13.2 Å². The van der Waals surface area contributed by atoms with Crippen LogP contribution in [0, 0.1) is 5.82 Å². The Morgan fingerprint density at radius 3 is 2.37 bits per heavy atom. The molecule has 0 aliphatic rings. The molecule has 2 aromatic rings. The molecule has 1 heterocycles. The van der Waals surface area contributed by atoms with Crippen LogP contribution in [0.2, 0.25) is 0 Å². The van der Waals surface area contributed by atoms with Crippen molar-refractivity contribution in [3.8, 4) is 0 Å². The zero-order valence-corrected chi connectivity index (χ0v) is 12.0. The second-order valence-corrected chi connectivity index (χ2v) is 5.13. The molecule has 0 amide bonds. The average Bonchev–Trinajstić information content (AvgIpc) is 2.37. The highest BCUT2D eigenvalue weighted by Gasteiger charge is 2.15. The van der Waals surface area contributed by atoms with Crippen LogP contribution in [0.15, 0.2) is 44.5 Å². The molecule has 1 atom stereocenters. The summed E-state index contributed by atoms with van der Waals surface area (Å²) in [5, 5.41) is 0. The summed E-state index contributed by atoms with van der Waals surface area (Å²) < 4.78 is 15.7. The summed E-state index contributed by atoms with van der Waals surface area (Å²) in [6.07, 6.45) is 1.43. The summed E-state index contributed by atoms with van der Waals surface area (Å²) in [6, 6.07) is 5.27. The Labute approximate surface area is 117 Å². The third kappa shape index (κ3) is 2.53. The minimum atomic E-state index is -0.468. The van der Waals surface area contributed by atoms with E-state index in [2.05, 4.69) is 15.9 Å². The van der Waals surface area contributed by atoms with Crippen molar-refractivity contribution >= 4 is 15.9 Å². The first-order chi connectivity index (χ1) is 8.91. The molecule has 0 radical (unpaired) electrons. The standard InChI is InChI=1S/C13H12BrFN2O2/c1-8(9-3-5-10(15)6-4-9)17-12(18)11(14)7-16(2)13(17)19/h3-8H,1-2H3. The highest BCUT2D eigenvalue weighted by molar-refractivity contribution is 9.10. The SMILES string of the molecule is CC(c1ccc(F)cc1)n1c(=O)c(Br)cn(C)c1=O. The van der Waals surface area contributed by atoms with E-state index in [1.165, 1.54) is 22.9 Å². The molecular formula is C13H12BrFN2O2. The van der Waals surface area contributed by atoms with E-state index in [0.29, 0.717) is 10.0 Å². The summed E-state index contributed by atoms with van der Waals surface area (Å²) in [5.41, 5.74) is -0.122. The summed E-state index contributed by atoms with van der Waals surface area (Å²) in [5.74, 6) is -0.356. The number of halogens is 2. The van der Waals surface area contributed by atoms with E-state index < -0.39 is 17.3 Å². The van der Waals surface area contributed by atoms with Crippen molar-refractivity contribution < 1.29 is 4.39 Å². The zero-order valence-electron chi connectivity index (χ0n) is 10.4. The number of rotatable bonds is 2. The van der Waals surface area contributed by atoms with Gasteiger partial charge < -0.3 is 4.57 Å². The molecule has 0 spiro atoms. The highest BCUT2D eigenvalue weighted by Crippen LogP contribution is 2.15. The van der Waals surface area contributed by atoms with Crippen LogP contribution in [0.4, 0.5) is 4.39 Å². The number of aromatic nitrogens is 2. The van der Waals surface area contributed by atoms with Crippen molar-refractivity contribution in [1.29, 1.82) is 0 Å². The largest absolute Gasteiger partial charge is 0.331 e. The fourth-order valence-corrected chi connectivity index (χ4v) is 2.38. The second kappa shape index (κ2) is 5.13. The molecule has 0 saturated carbocycles. The Hall–Kier alpha value is -1.69. The Morgan fingerprint density at radius 2 is 1.79 bits per heavy atom. The summed E-state index contributed by atoms with van der Waals surface area (Å²) >= 11 is 3.13. The van der Waals surface area contributed by atoms with Crippen molar-refractivity contribution in [2.45, 2.75) is 13.0 Å². The van der Waals surface area contributed by atoms with E-state index in [9.17, 15) is 14.0 Å². The topological polar surface area (TPSA) is 44.0 Å². The molecule has 0 saturated heterocycles. The number of benzene rings is 1. The Bertz CT molecular complexity index is 685. The molecule has 0 fully saturated rings. The molecule has 4 nitrogen and oxygen atoms in total. The number of aryl methyl sites for hydroxylation is 1. The molecule has 0 aliphatic heterocycles. The lowest BCUT2D eigenvalue weighted by atomic mass is 10.1. The van der Waals surface area contributed by atoms with Crippen LogP contribution < -0.4 is 11.2 Å². The predicted molar refractivity (Wildman–Crippen MR) is 73.9 cm³/mol. The van der Waals surface area contributed by atoms with Crippen LogP contribution in [0.5, 0.6) is 0 Å². The van der Waals surface area contributed by atoms with Gasteiger partial charge in [0.2, 0.25) is 0 Å². The molecule has 0 bridgehead atoms. The monoisotopic (exact) mass is 326 g/mol. The summed E-state index contributed by atoms with van der Waals surface area (Å²) in [4.78, 5) is 24.1. The Balaban J connectivity index is 2.62. The van der Waals surface area contributed by atoms with Gasteiger partial charge in [0.1, 0.15) is 5.82 Å². The van der Waals surface area contributed by atoms with Crippen LogP contribution >= 0.6 is 15.9 Å². The van der Waals surface area contributed by atoms with Gasteiger partial charge in [0.05, 0.1) is 10.5 Å². The second-order valence-electron chi connectivity index (χ2n) is 4.27. The Morgan fingerprint density at radius 1 is 1.21 bits per heavy atom. The van der Waals surface area contributed by atoms with Crippen molar-refractivity contribution in [2.24, 2.45) is 7.05 Å². The molecule has 100 valence electrons. The number of hydrogen-bond acceptors (Lipinski definition) is 2. The first-order valence-electron chi connectivity index (χ1n) is 5.65. The van der Waals surface area contributed by atoms with Crippen LogP contribution in [-0.2, 0) is 7.05 Å². The number of nitrogens with zero attached hydrogens (tertiary/aromatic N) is 2. The molecule has 0 N–H and O–H groups in total. The van der Waals surface area contributed by atoms with Crippen LogP contribution in [-0.4, -0.2) is 9.13 Å². The quantitative estimate of drug-likeness (QED) is 0.847. The maximum absolute atomic E-state index is 12.9.